The zero-order valence-corrected chi connectivity index (χ0v) is 17.3. The fourth-order valence-corrected chi connectivity index (χ4v) is 3.72. The topological polar surface area (TPSA) is 38.7 Å². The van der Waals surface area contributed by atoms with Crippen molar-refractivity contribution >= 4 is 0 Å². The van der Waals surface area contributed by atoms with Crippen LogP contribution in [-0.2, 0) is 0 Å². The van der Waals surface area contributed by atoms with Gasteiger partial charge in [-0.05, 0) is 61.2 Å². The third-order valence-corrected chi connectivity index (χ3v) is 5.20. The van der Waals surface area contributed by atoms with Crippen molar-refractivity contribution in [1.29, 1.82) is 0 Å². The summed E-state index contributed by atoms with van der Waals surface area (Å²) in [5.74, 6) is 1.99. The van der Waals surface area contributed by atoms with Crippen molar-refractivity contribution < 1.29 is 14.6 Å². The zero-order chi connectivity index (χ0) is 20.5. The summed E-state index contributed by atoms with van der Waals surface area (Å²) in [4.78, 5) is 0. The minimum Gasteiger partial charge on any atom is -0.494 e. The van der Waals surface area contributed by atoms with Gasteiger partial charge in [0.15, 0.2) is 0 Å². The van der Waals surface area contributed by atoms with E-state index in [4.69, 9.17) is 9.47 Å². The maximum Gasteiger partial charge on any atom is 0.119 e. The molecule has 0 spiro atoms. The van der Waals surface area contributed by atoms with Crippen LogP contribution >= 0.6 is 0 Å². The van der Waals surface area contributed by atoms with Crippen molar-refractivity contribution in [3.63, 3.8) is 0 Å². The van der Waals surface area contributed by atoms with Crippen molar-refractivity contribution in [2.45, 2.75) is 32.1 Å². The number of aliphatic hydroxyl groups excluding tert-OH is 1. The van der Waals surface area contributed by atoms with E-state index in [1.54, 1.807) is 0 Å². The van der Waals surface area contributed by atoms with Crippen LogP contribution in [0.15, 0.2) is 78.9 Å². The molecular formula is C26H30O3. The first-order valence-electron chi connectivity index (χ1n) is 10.4. The lowest BCUT2D eigenvalue weighted by Crippen LogP contribution is -2.11. The molecule has 0 bridgehead atoms. The molecular weight excluding hydrogens is 360 g/mol. The Morgan fingerprint density at radius 1 is 0.655 bits per heavy atom. The van der Waals surface area contributed by atoms with Gasteiger partial charge in [0.1, 0.15) is 11.5 Å². The van der Waals surface area contributed by atoms with E-state index >= 15 is 0 Å². The Balaban J connectivity index is 1.91. The van der Waals surface area contributed by atoms with Gasteiger partial charge < -0.3 is 14.6 Å². The van der Waals surface area contributed by atoms with Crippen molar-refractivity contribution in [1.82, 2.24) is 0 Å². The Bertz CT molecular complexity index is 792. The highest BCUT2D eigenvalue weighted by Crippen LogP contribution is 2.36. The fraction of sp³-hybridized carbons (Fsp3) is 0.308. The van der Waals surface area contributed by atoms with Crippen molar-refractivity contribution in [3.8, 4) is 11.5 Å². The number of benzene rings is 3. The smallest absolute Gasteiger partial charge is 0.119 e. The van der Waals surface area contributed by atoms with E-state index in [0.717, 1.165) is 23.5 Å². The molecule has 0 aliphatic heterocycles. The van der Waals surface area contributed by atoms with Gasteiger partial charge in [-0.15, -0.1) is 0 Å². The summed E-state index contributed by atoms with van der Waals surface area (Å²) in [6.07, 6.45) is 0.822. The molecule has 3 aromatic carbocycles. The van der Waals surface area contributed by atoms with Gasteiger partial charge in [-0.2, -0.15) is 0 Å². The van der Waals surface area contributed by atoms with Crippen molar-refractivity contribution in [2.75, 3.05) is 19.8 Å². The Kier molecular flexibility index (Phi) is 7.71. The molecule has 3 rings (SSSR count). The highest BCUT2D eigenvalue weighted by molar-refractivity contribution is 5.39. The number of hydrogen-bond donors (Lipinski definition) is 1. The lowest BCUT2D eigenvalue weighted by Gasteiger charge is -2.24. The molecule has 0 saturated carbocycles. The first kappa shape index (κ1) is 20.9. The number of aliphatic hydroxyl groups is 1. The summed E-state index contributed by atoms with van der Waals surface area (Å²) < 4.78 is 11.2. The van der Waals surface area contributed by atoms with E-state index < -0.39 is 0 Å². The summed E-state index contributed by atoms with van der Waals surface area (Å²) in [6.45, 7) is 5.41. The summed E-state index contributed by atoms with van der Waals surface area (Å²) in [7, 11) is 0. The molecule has 0 fully saturated rings. The predicted molar refractivity (Wildman–Crippen MR) is 118 cm³/mol. The van der Waals surface area contributed by atoms with Gasteiger partial charge in [-0.3, -0.25) is 0 Å². The predicted octanol–water partition coefficient (Wildman–Crippen LogP) is 5.78. The molecule has 0 aliphatic rings. The zero-order valence-electron chi connectivity index (χ0n) is 17.3. The van der Waals surface area contributed by atoms with E-state index in [1.165, 1.54) is 11.1 Å². The van der Waals surface area contributed by atoms with E-state index in [-0.39, 0.29) is 18.4 Å². The van der Waals surface area contributed by atoms with E-state index in [2.05, 4.69) is 36.4 Å². The molecule has 0 saturated heterocycles. The number of hydrogen-bond acceptors (Lipinski definition) is 3. The lowest BCUT2D eigenvalue weighted by molar-refractivity contribution is 0.256. The van der Waals surface area contributed by atoms with Crippen LogP contribution in [0.3, 0.4) is 0 Å². The highest BCUT2D eigenvalue weighted by atomic mass is 16.5. The van der Waals surface area contributed by atoms with E-state index in [0.29, 0.717) is 13.2 Å². The van der Waals surface area contributed by atoms with Crippen LogP contribution in [0.4, 0.5) is 0 Å². The second kappa shape index (κ2) is 10.7. The Morgan fingerprint density at radius 2 is 1.14 bits per heavy atom. The van der Waals surface area contributed by atoms with Gasteiger partial charge in [0.05, 0.1) is 13.2 Å². The molecule has 0 amide bonds. The first-order valence-corrected chi connectivity index (χ1v) is 10.4. The van der Waals surface area contributed by atoms with Gasteiger partial charge in [0, 0.05) is 18.4 Å². The third kappa shape index (κ3) is 5.61. The molecule has 3 aromatic rings. The molecule has 152 valence electrons. The summed E-state index contributed by atoms with van der Waals surface area (Å²) in [6, 6.07) is 26.9. The van der Waals surface area contributed by atoms with E-state index in [9.17, 15) is 5.11 Å². The number of rotatable bonds is 10. The maximum atomic E-state index is 10.1. The normalized spacial score (nSPS) is 12.0. The van der Waals surface area contributed by atoms with Crippen LogP contribution in [0, 0.1) is 0 Å². The second-order valence-corrected chi connectivity index (χ2v) is 7.08. The second-order valence-electron chi connectivity index (χ2n) is 7.08. The van der Waals surface area contributed by atoms with Gasteiger partial charge in [0.25, 0.3) is 0 Å². The fourth-order valence-electron chi connectivity index (χ4n) is 3.72. The van der Waals surface area contributed by atoms with Gasteiger partial charge >= 0.3 is 0 Å². The SMILES string of the molecule is CCOc1ccc(C(CC(CO)c2ccccc2)c2ccc(OCC)cc2)cc1. The molecule has 0 aromatic heterocycles. The molecule has 0 radical (unpaired) electrons. The molecule has 1 atom stereocenters. The largest absolute Gasteiger partial charge is 0.494 e. The standard InChI is InChI=1S/C26H30O3/c1-3-28-24-14-10-21(11-15-24)26(22-12-16-25(17-13-22)29-4-2)18-23(19-27)20-8-6-5-7-9-20/h5-17,23,26-27H,3-4,18-19H2,1-2H3. The van der Waals surface area contributed by atoms with Crippen molar-refractivity contribution in [3.05, 3.63) is 95.6 Å². The van der Waals surface area contributed by atoms with Crippen LogP contribution in [0.1, 0.15) is 48.8 Å². The molecule has 0 aliphatic carbocycles. The third-order valence-electron chi connectivity index (χ3n) is 5.20. The highest BCUT2D eigenvalue weighted by Gasteiger charge is 2.21. The van der Waals surface area contributed by atoms with Crippen LogP contribution in [0.2, 0.25) is 0 Å². The molecule has 3 heteroatoms. The summed E-state index contributed by atoms with van der Waals surface area (Å²) in [5, 5.41) is 10.1. The van der Waals surface area contributed by atoms with Crippen LogP contribution < -0.4 is 9.47 Å². The summed E-state index contributed by atoms with van der Waals surface area (Å²) >= 11 is 0. The van der Waals surface area contributed by atoms with E-state index in [1.807, 2.05) is 56.3 Å². The van der Waals surface area contributed by atoms with Gasteiger partial charge in [0.2, 0.25) is 0 Å². The summed E-state index contributed by atoms with van der Waals surface area (Å²) in [5.41, 5.74) is 3.59. The average Bonchev–Trinajstić information content (AvgIpc) is 2.77. The Morgan fingerprint density at radius 3 is 1.55 bits per heavy atom. The first-order chi connectivity index (χ1) is 14.2. The molecule has 0 heterocycles. The van der Waals surface area contributed by atoms with Gasteiger partial charge in [-0.25, -0.2) is 0 Å². The quantitative estimate of drug-likeness (QED) is 0.477. The van der Waals surface area contributed by atoms with Gasteiger partial charge in [-0.1, -0.05) is 54.6 Å². The number of ether oxygens (including phenoxy) is 2. The van der Waals surface area contributed by atoms with Crippen LogP contribution in [-0.4, -0.2) is 24.9 Å². The minimum atomic E-state index is 0.0688. The Labute approximate surface area is 173 Å². The average molecular weight is 391 g/mol. The molecule has 1 unspecified atom stereocenters. The molecule has 29 heavy (non-hydrogen) atoms. The van der Waals surface area contributed by atoms with Crippen molar-refractivity contribution in [2.24, 2.45) is 0 Å². The molecule has 1 N–H and O–H groups in total. The Hall–Kier alpha value is -2.78. The van der Waals surface area contributed by atoms with Crippen LogP contribution in [0.5, 0.6) is 11.5 Å². The maximum absolute atomic E-state index is 10.1. The molecule has 3 nitrogen and oxygen atoms in total. The lowest BCUT2D eigenvalue weighted by atomic mass is 9.81. The minimum absolute atomic E-state index is 0.0688. The van der Waals surface area contributed by atoms with Crippen LogP contribution in [0.25, 0.3) is 0 Å². The monoisotopic (exact) mass is 390 g/mol.